The highest BCUT2D eigenvalue weighted by molar-refractivity contribution is 8.00. The number of fused-ring (bicyclic) bond motifs is 1. The number of carbonyl (C=O) groups excluding carboxylic acids is 3. The molecule has 0 saturated carbocycles. The van der Waals surface area contributed by atoms with Crippen molar-refractivity contribution in [2.24, 2.45) is 5.92 Å². The molecule has 1 heterocycles. The van der Waals surface area contributed by atoms with Gasteiger partial charge in [0.2, 0.25) is 5.91 Å². The number of thioether (sulfide) groups is 1. The van der Waals surface area contributed by atoms with Gasteiger partial charge in [-0.05, 0) is 80.1 Å². The van der Waals surface area contributed by atoms with Gasteiger partial charge in [0.25, 0.3) is 5.91 Å². The number of nitrogens with one attached hydrogen (secondary N) is 2. The molecule has 2 aromatic carbocycles. The monoisotopic (exact) mass is 538 g/mol. The van der Waals surface area contributed by atoms with Crippen LogP contribution in [0.1, 0.15) is 51.4 Å². The highest BCUT2D eigenvalue weighted by Crippen LogP contribution is 2.40. The van der Waals surface area contributed by atoms with Crippen LogP contribution in [0, 0.1) is 5.92 Å². The summed E-state index contributed by atoms with van der Waals surface area (Å²) in [7, 11) is 2.94. The summed E-state index contributed by atoms with van der Waals surface area (Å²) in [6.07, 6.45) is 2.73. The Morgan fingerprint density at radius 2 is 1.84 bits per heavy atom. The van der Waals surface area contributed by atoms with Gasteiger partial charge >= 0.3 is 5.97 Å². The molecule has 4 rings (SSSR count). The Balaban J connectivity index is 1.43. The summed E-state index contributed by atoms with van der Waals surface area (Å²) in [4.78, 5) is 40.2. The number of hydrogen-bond donors (Lipinski definition) is 2. The molecule has 2 amide bonds. The standard InChI is InChI=1S/C28H30N2O5S2/c1-16-8-13-22-23(14-16)37-27(24(22)28(33)35-4)30-25(31)17(2)36-21-7-5-6-19(15-21)29-26(32)18-9-11-20(34-3)12-10-18/h5-7,9-12,15-17H,8,13-14H2,1-4H3,(H,29,32)(H,30,31). The molecule has 0 fully saturated rings. The van der Waals surface area contributed by atoms with Gasteiger partial charge in [0, 0.05) is 21.0 Å². The fourth-order valence-electron chi connectivity index (χ4n) is 4.22. The normalized spacial score (nSPS) is 15.3. The van der Waals surface area contributed by atoms with E-state index in [2.05, 4.69) is 17.6 Å². The SMILES string of the molecule is COC(=O)c1c(NC(=O)C(C)Sc2cccc(NC(=O)c3ccc(OC)cc3)c2)sc2c1CCC(C)C2. The summed E-state index contributed by atoms with van der Waals surface area (Å²) >= 11 is 2.85. The first-order valence-electron chi connectivity index (χ1n) is 12.0. The maximum absolute atomic E-state index is 13.1. The molecule has 7 nitrogen and oxygen atoms in total. The molecule has 2 atom stereocenters. The lowest BCUT2D eigenvalue weighted by Crippen LogP contribution is -2.23. The fraction of sp³-hybridized carbons (Fsp3) is 0.321. The Hall–Kier alpha value is -3.30. The number of carbonyl (C=O) groups is 3. The molecule has 2 N–H and O–H groups in total. The van der Waals surface area contributed by atoms with Crippen molar-refractivity contribution in [1.82, 2.24) is 0 Å². The number of methoxy groups -OCH3 is 2. The second-order valence-corrected chi connectivity index (χ2v) is 11.5. The fourth-order valence-corrected chi connectivity index (χ4v) is 6.55. The molecular weight excluding hydrogens is 508 g/mol. The summed E-state index contributed by atoms with van der Waals surface area (Å²) in [6, 6.07) is 14.2. The topological polar surface area (TPSA) is 93.7 Å². The molecule has 0 spiro atoms. The van der Waals surface area contributed by atoms with Gasteiger partial charge in [0.1, 0.15) is 10.8 Å². The molecule has 0 aliphatic heterocycles. The largest absolute Gasteiger partial charge is 0.497 e. The number of thiophene rings is 1. The predicted molar refractivity (Wildman–Crippen MR) is 148 cm³/mol. The minimum Gasteiger partial charge on any atom is -0.497 e. The molecule has 1 aliphatic rings. The van der Waals surface area contributed by atoms with Crippen molar-refractivity contribution in [3.8, 4) is 5.75 Å². The van der Waals surface area contributed by atoms with Gasteiger partial charge in [-0.2, -0.15) is 0 Å². The van der Waals surface area contributed by atoms with Crippen molar-refractivity contribution in [2.75, 3.05) is 24.9 Å². The highest BCUT2D eigenvalue weighted by Gasteiger charge is 2.29. The zero-order valence-corrected chi connectivity index (χ0v) is 22.9. The van der Waals surface area contributed by atoms with Crippen LogP contribution < -0.4 is 15.4 Å². The molecule has 0 radical (unpaired) electrons. The van der Waals surface area contributed by atoms with E-state index in [1.165, 1.54) is 30.2 Å². The van der Waals surface area contributed by atoms with E-state index in [1.54, 1.807) is 37.4 Å². The van der Waals surface area contributed by atoms with Gasteiger partial charge in [-0.15, -0.1) is 23.1 Å². The van der Waals surface area contributed by atoms with E-state index in [4.69, 9.17) is 9.47 Å². The van der Waals surface area contributed by atoms with Gasteiger partial charge < -0.3 is 20.1 Å². The van der Waals surface area contributed by atoms with Crippen LogP contribution in [-0.2, 0) is 22.4 Å². The molecule has 3 aromatic rings. The number of ether oxygens (including phenoxy) is 2. The maximum atomic E-state index is 13.1. The zero-order chi connectivity index (χ0) is 26.5. The van der Waals surface area contributed by atoms with E-state index in [0.29, 0.717) is 33.5 Å². The number of anilines is 2. The summed E-state index contributed by atoms with van der Waals surface area (Å²) in [5, 5.41) is 5.99. The Bertz CT molecular complexity index is 1300. The average molecular weight is 539 g/mol. The van der Waals surface area contributed by atoms with E-state index in [0.717, 1.165) is 34.6 Å². The third-order valence-electron chi connectivity index (χ3n) is 6.26. The predicted octanol–water partition coefficient (Wildman–Crippen LogP) is 6.04. The molecule has 1 aliphatic carbocycles. The number of esters is 1. The van der Waals surface area contributed by atoms with Gasteiger partial charge in [-0.25, -0.2) is 4.79 Å². The summed E-state index contributed by atoms with van der Waals surface area (Å²) < 4.78 is 10.2. The number of rotatable bonds is 8. The van der Waals surface area contributed by atoms with Crippen LogP contribution >= 0.6 is 23.1 Å². The van der Waals surface area contributed by atoms with E-state index >= 15 is 0 Å². The molecule has 9 heteroatoms. The van der Waals surface area contributed by atoms with E-state index in [9.17, 15) is 14.4 Å². The van der Waals surface area contributed by atoms with Crippen LogP contribution in [0.3, 0.4) is 0 Å². The Morgan fingerprint density at radius 1 is 1.08 bits per heavy atom. The number of amides is 2. The second kappa shape index (κ2) is 11.8. The van der Waals surface area contributed by atoms with Crippen molar-refractivity contribution in [3.05, 3.63) is 70.1 Å². The van der Waals surface area contributed by atoms with Crippen LogP contribution in [0.4, 0.5) is 10.7 Å². The molecule has 2 unspecified atom stereocenters. The Kier molecular flexibility index (Phi) is 8.56. The molecule has 194 valence electrons. The third-order valence-corrected chi connectivity index (χ3v) is 8.53. The van der Waals surface area contributed by atoms with E-state index in [1.807, 2.05) is 25.1 Å². The minimum atomic E-state index is -0.434. The summed E-state index contributed by atoms with van der Waals surface area (Å²) in [5.41, 5.74) is 2.64. The maximum Gasteiger partial charge on any atom is 0.341 e. The lowest BCUT2D eigenvalue weighted by atomic mass is 9.88. The molecule has 0 saturated heterocycles. The smallest absolute Gasteiger partial charge is 0.341 e. The number of hydrogen-bond acceptors (Lipinski definition) is 7. The Morgan fingerprint density at radius 3 is 2.54 bits per heavy atom. The van der Waals surface area contributed by atoms with Crippen LogP contribution in [0.25, 0.3) is 0 Å². The first-order chi connectivity index (χ1) is 17.8. The van der Waals surface area contributed by atoms with Crippen molar-refractivity contribution in [3.63, 3.8) is 0 Å². The van der Waals surface area contributed by atoms with E-state index < -0.39 is 11.2 Å². The first-order valence-corrected chi connectivity index (χ1v) is 13.7. The van der Waals surface area contributed by atoms with E-state index in [-0.39, 0.29) is 11.8 Å². The molecule has 1 aromatic heterocycles. The summed E-state index contributed by atoms with van der Waals surface area (Å²) in [6.45, 7) is 4.01. The lowest BCUT2D eigenvalue weighted by Gasteiger charge is -2.18. The lowest BCUT2D eigenvalue weighted by molar-refractivity contribution is -0.115. The van der Waals surface area contributed by atoms with Crippen LogP contribution in [0.2, 0.25) is 0 Å². The van der Waals surface area contributed by atoms with Crippen molar-refractivity contribution in [1.29, 1.82) is 0 Å². The van der Waals surface area contributed by atoms with Gasteiger partial charge in [-0.3, -0.25) is 9.59 Å². The van der Waals surface area contributed by atoms with Crippen LogP contribution in [-0.4, -0.2) is 37.3 Å². The van der Waals surface area contributed by atoms with Crippen molar-refractivity contribution in [2.45, 2.75) is 43.3 Å². The second-order valence-electron chi connectivity index (χ2n) is 9.01. The number of benzene rings is 2. The van der Waals surface area contributed by atoms with Crippen molar-refractivity contribution >= 4 is 51.6 Å². The quantitative estimate of drug-likeness (QED) is 0.268. The first kappa shape index (κ1) is 26.8. The average Bonchev–Trinajstić information content (AvgIpc) is 3.25. The Labute approximate surface area is 224 Å². The van der Waals surface area contributed by atoms with Crippen LogP contribution in [0.15, 0.2) is 53.4 Å². The van der Waals surface area contributed by atoms with Gasteiger partial charge in [-0.1, -0.05) is 13.0 Å². The van der Waals surface area contributed by atoms with Crippen molar-refractivity contribution < 1.29 is 23.9 Å². The van der Waals surface area contributed by atoms with Gasteiger partial charge in [0.05, 0.1) is 25.0 Å². The minimum absolute atomic E-state index is 0.200. The summed E-state index contributed by atoms with van der Waals surface area (Å²) in [5.74, 6) is 0.379. The zero-order valence-electron chi connectivity index (χ0n) is 21.3. The molecule has 37 heavy (non-hydrogen) atoms. The highest BCUT2D eigenvalue weighted by atomic mass is 32.2. The van der Waals surface area contributed by atoms with Gasteiger partial charge in [0.15, 0.2) is 0 Å². The third kappa shape index (κ3) is 6.34. The van der Waals surface area contributed by atoms with Crippen LogP contribution in [0.5, 0.6) is 5.75 Å². The molecule has 0 bridgehead atoms. The molecular formula is C28H30N2O5S2.